The Bertz CT molecular complexity index is 1050. The molecule has 0 saturated heterocycles. The van der Waals surface area contributed by atoms with Crippen molar-refractivity contribution in [2.24, 2.45) is 5.10 Å². The van der Waals surface area contributed by atoms with Gasteiger partial charge < -0.3 is 9.84 Å². The van der Waals surface area contributed by atoms with Crippen molar-refractivity contribution >= 4 is 33.8 Å². The van der Waals surface area contributed by atoms with E-state index >= 15 is 0 Å². The molecule has 2 rings (SSSR count). The molecule has 0 radical (unpaired) electrons. The molecule has 1 amide bonds. The van der Waals surface area contributed by atoms with Crippen LogP contribution in [0.3, 0.4) is 0 Å². The maximum atomic E-state index is 12.3. The zero-order valence-electron chi connectivity index (χ0n) is 16.1. The van der Waals surface area contributed by atoms with Crippen LogP contribution in [0.25, 0.3) is 0 Å². The summed E-state index contributed by atoms with van der Waals surface area (Å²) >= 11 is 0. The number of nitrogens with one attached hydrogen (secondary N) is 1. The van der Waals surface area contributed by atoms with Crippen LogP contribution in [0.4, 0.5) is 5.69 Å². The van der Waals surface area contributed by atoms with Gasteiger partial charge in [-0.25, -0.2) is 18.6 Å². The number of carbonyl (C=O) groups excluding carboxylic acids is 1. The number of hydrogen-bond acceptors (Lipinski definition) is 6. The molecule has 0 aliphatic heterocycles. The number of carbonyl (C=O) groups is 2. The van der Waals surface area contributed by atoms with E-state index in [1.807, 2.05) is 0 Å². The van der Waals surface area contributed by atoms with Crippen molar-refractivity contribution < 1.29 is 27.9 Å². The number of aromatic carboxylic acids is 1. The van der Waals surface area contributed by atoms with E-state index in [-0.39, 0.29) is 11.3 Å². The topological polar surface area (TPSA) is 125 Å². The van der Waals surface area contributed by atoms with Gasteiger partial charge in [-0.15, -0.1) is 0 Å². The minimum Gasteiger partial charge on any atom is -0.495 e. The predicted octanol–water partition coefficient (Wildman–Crippen LogP) is 1.62. The van der Waals surface area contributed by atoms with Crippen molar-refractivity contribution in [1.29, 1.82) is 0 Å². The molecule has 0 aromatic heterocycles. The molecular weight excluding hydrogens is 398 g/mol. The molecule has 0 aliphatic rings. The fourth-order valence-corrected chi connectivity index (χ4v) is 3.37. The van der Waals surface area contributed by atoms with E-state index in [9.17, 15) is 18.0 Å². The number of benzene rings is 2. The van der Waals surface area contributed by atoms with Crippen LogP contribution in [0, 0.1) is 6.92 Å². The lowest BCUT2D eigenvalue weighted by molar-refractivity contribution is -0.119. The summed E-state index contributed by atoms with van der Waals surface area (Å²) in [4.78, 5) is 23.5. The summed E-state index contributed by atoms with van der Waals surface area (Å²) < 4.78 is 30.6. The van der Waals surface area contributed by atoms with E-state index in [1.165, 1.54) is 25.5 Å². The van der Waals surface area contributed by atoms with Crippen molar-refractivity contribution in [3.63, 3.8) is 0 Å². The fraction of sp³-hybridized carbons (Fsp3) is 0.211. The molecule has 0 atom stereocenters. The van der Waals surface area contributed by atoms with Crippen molar-refractivity contribution in [3.8, 4) is 5.75 Å². The van der Waals surface area contributed by atoms with Gasteiger partial charge in [0.1, 0.15) is 12.3 Å². The Kier molecular flexibility index (Phi) is 6.94. The number of carboxylic acid groups (broad SMARTS) is 1. The summed E-state index contributed by atoms with van der Waals surface area (Å²) in [5.74, 6) is -1.54. The predicted molar refractivity (Wildman–Crippen MR) is 109 cm³/mol. The van der Waals surface area contributed by atoms with Crippen LogP contribution in [-0.4, -0.2) is 51.5 Å². The molecule has 9 nitrogen and oxygen atoms in total. The first-order valence-electron chi connectivity index (χ1n) is 8.40. The number of methoxy groups -OCH3 is 1. The van der Waals surface area contributed by atoms with Crippen LogP contribution >= 0.6 is 0 Å². The normalized spacial score (nSPS) is 11.3. The molecular formula is C19H21N3O6S. The molecule has 10 heteroatoms. The summed E-state index contributed by atoms with van der Waals surface area (Å²) in [5.41, 5.74) is 3.54. The number of ether oxygens (including phenoxy) is 1. The first-order chi connectivity index (χ1) is 13.6. The maximum Gasteiger partial charge on any atom is 0.336 e. The first-order valence-corrected chi connectivity index (χ1v) is 10.2. The molecule has 0 saturated carbocycles. The fourth-order valence-electron chi connectivity index (χ4n) is 2.52. The van der Waals surface area contributed by atoms with E-state index in [0.717, 1.165) is 16.1 Å². The van der Waals surface area contributed by atoms with Crippen LogP contribution in [-0.2, 0) is 14.8 Å². The Morgan fingerprint density at radius 2 is 1.93 bits per heavy atom. The largest absolute Gasteiger partial charge is 0.495 e. The average molecular weight is 419 g/mol. The van der Waals surface area contributed by atoms with Gasteiger partial charge in [0.05, 0.1) is 30.8 Å². The molecule has 0 bridgehead atoms. The van der Waals surface area contributed by atoms with E-state index in [4.69, 9.17) is 9.84 Å². The van der Waals surface area contributed by atoms with E-state index in [1.54, 1.807) is 37.3 Å². The molecule has 2 aromatic carbocycles. The lowest BCUT2D eigenvalue weighted by atomic mass is 10.1. The Hall–Kier alpha value is -3.40. The van der Waals surface area contributed by atoms with Gasteiger partial charge in [-0.3, -0.25) is 9.10 Å². The molecule has 0 aliphatic carbocycles. The Labute approximate surface area is 168 Å². The summed E-state index contributed by atoms with van der Waals surface area (Å²) in [6.45, 7) is 1.25. The Morgan fingerprint density at radius 1 is 1.24 bits per heavy atom. The highest BCUT2D eigenvalue weighted by atomic mass is 32.2. The third-order valence-electron chi connectivity index (χ3n) is 3.87. The van der Waals surface area contributed by atoms with E-state index < -0.39 is 28.4 Å². The lowest BCUT2D eigenvalue weighted by Gasteiger charge is -2.23. The SMILES string of the molecule is COc1ccc(C)cc1N(CC(=O)N/N=C\c1ccccc1C(=O)O)S(C)(=O)=O. The van der Waals surface area contributed by atoms with Gasteiger partial charge in [-0.1, -0.05) is 24.3 Å². The van der Waals surface area contributed by atoms with Gasteiger partial charge in [0, 0.05) is 5.56 Å². The molecule has 0 unspecified atom stereocenters. The van der Waals surface area contributed by atoms with Crippen molar-refractivity contribution in [1.82, 2.24) is 5.43 Å². The van der Waals surface area contributed by atoms with Crippen molar-refractivity contribution in [2.75, 3.05) is 24.2 Å². The molecule has 0 fully saturated rings. The van der Waals surface area contributed by atoms with Crippen LogP contribution in [0.5, 0.6) is 5.75 Å². The highest BCUT2D eigenvalue weighted by Gasteiger charge is 2.24. The number of nitrogens with zero attached hydrogens (tertiary/aromatic N) is 2. The summed E-state index contributed by atoms with van der Waals surface area (Å²) in [6.07, 6.45) is 2.16. The second-order valence-corrected chi connectivity index (χ2v) is 8.04. The molecule has 154 valence electrons. The number of rotatable bonds is 8. The van der Waals surface area contributed by atoms with Gasteiger partial charge in [0.15, 0.2) is 0 Å². The third-order valence-corrected chi connectivity index (χ3v) is 5.00. The maximum absolute atomic E-state index is 12.3. The van der Waals surface area contributed by atoms with Crippen molar-refractivity contribution in [3.05, 3.63) is 59.2 Å². The number of anilines is 1. The number of amides is 1. The highest BCUT2D eigenvalue weighted by molar-refractivity contribution is 7.92. The number of aryl methyl sites for hydroxylation is 1. The summed E-state index contributed by atoms with van der Waals surface area (Å²) in [5, 5.41) is 12.9. The highest BCUT2D eigenvalue weighted by Crippen LogP contribution is 2.30. The van der Waals surface area contributed by atoms with E-state index in [2.05, 4.69) is 10.5 Å². The zero-order chi connectivity index (χ0) is 21.6. The minimum atomic E-state index is -3.79. The van der Waals surface area contributed by atoms with Crippen LogP contribution in [0.2, 0.25) is 0 Å². The Balaban J connectivity index is 2.21. The quantitative estimate of drug-likeness (QED) is 0.495. The minimum absolute atomic E-state index is 0.0211. The summed E-state index contributed by atoms with van der Waals surface area (Å²) in [7, 11) is -2.39. The average Bonchev–Trinajstić information content (AvgIpc) is 2.65. The standard InChI is InChI=1S/C19H21N3O6S/c1-13-8-9-17(28-2)16(10-13)22(29(3,26)27)12-18(23)21-20-11-14-6-4-5-7-15(14)19(24)25/h4-11H,12H2,1-3H3,(H,21,23)(H,24,25)/b20-11-. The zero-order valence-corrected chi connectivity index (χ0v) is 16.9. The van der Waals surface area contributed by atoms with Gasteiger partial charge in [0.2, 0.25) is 10.0 Å². The monoisotopic (exact) mass is 419 g/mol. The molecule has 2 aromatic rings. The second kappa shape index (κ2) is 9.20. The van der Waals surface area contributed by atoms with Gasteiger partial charge >= 0.3 is 5.97 Å². The molecule has 29 heavy (non-hydrogen) atoms. The summed E-state index contributed by atoms with van der Waals surface area (Å²) in [6, 6.07) is 11.1. The number of hydrogen-bond donors (Lipinski definition) is 2. The molecule has 2 N–H and O–H groups in total. The van der Waals surface area contributed by atoms with Crippen molar-refractivity contribution in [2.45, 2.75) is 6.92 Å². The number of carboxylic acids is 1. The van der Waals surface area contributed by atoms with Crippen LogP contribution < -0.4 is 14.5 Å². The number of sulfonamides is 1. The second-order valence-electron chi connectivity index (χ2n) is 6.13. The Morgan fingerprint density at radius 3 is 2.55 bits per heavy atom. The van der Waals surface area contributed by atoms with Crippen LogP contribution in [0.15, 0.2) is 47.6 Å². The van der Waals surface area contributed by atoms with Gasteiger partial charge in [0.25, 0.3) is 5.91 Å². The lowest BCUT2D eigenvalue weighted by Crippen LogP contribution is -2.39. The van der Waals surface area contributed by atoms with Gasteiger partial charge in [-0.05, 0) is 30.7 Å². The van der Waals surface area contributed by atoms with E-state index in [0.29, 0.717) is 11.3 Å². The molecule has 0 heterocycles. The first kappa shape index (κ1) is 21.9. The van der Waals surface area contributed by atoms with Gasteiger partial charge in [-0.2, -0.15) is 5.10 Å². The van der Waals surface area contributed by atoms with Crippen LogP contribution in [0.1, 0.15) is 21.5 Å². The molecule has 0 spiro atoms. The smallest absolute Gasteiger partial charge is 0.336 e. The third kappa shape index (κ3) is 5.79. The number of hydrazone groups is 1.